The molecule has 0 saturated carbocycles. The summed E-state index contributed by atoms with van der Waals surface area (Å²) in [6.45, 7) is 5.91. The molecule has 5 heteroatoms. The molecule has 0 aliphatic carbocycles. The van der Waals surface area contributed by atoms with Crippen LogP contribution >= 0.6 is 15.9 Å². The molecule has 1 aromatic carbocycles. The molecule has 0 amide bonds. The van der Waals surface area contributed by atoms with Crippen LogP contribution in [0.5, 0.6) is 11.5 Å². The predicted octanol–water partition coefficient (Wildman–Crippen LogP) is 3.92. The van der Waals surface area contributed by atoms with Crippen molar-refractivity contribution in [3.05, 3.63) is 22.2 Å². The van der Waals surface area contributed by atoms with Crippen molar-refractivity contribution in [3.8, 4) is 11.5 Å². The van der Waals surface area contributed by atoms with Gasteiger partial charge in [-0.2, -0.15) is 0 Å². The molecular formula is C19H29BrN2O2. The molecule has 0 aromatic heterocycles. The van der Waals surface area contributed by atoms with Crippen molar-refractivity contribution < 1.29 is 9.47 Å². The lowest BCUT2D eigenvalue weighted by atomic mass is 9.99. The third kappa shape index (κ3) is 4.24. The van der Waals surface area contributed by atoms with Gasteiger partial charge in [0.15, 0.2) is 0 Å². The first-order chi connectivity index (χ1) is 11.7. The van der Waals surface area contributed by atoms with Gasteiger partial charge in [-0.3, -0.25) is 4.90 Å². The van der Waals surface area contributed by atoms with Gasteiger partial charge in [-0.25, -0.2) is 0 Å². The smallest absolute Gasteiger partial charge is 0.136 e. The van der Waals surface area contributed by atoms with Crippen molar-refractivity contribution in [1.29, 1.82) is 0 Å². The predicted molar refractivity (Wildman–Crippen MR) is 101 cm³/mol. The van der Waals surface area contributed by atoms with Crippen LogP contribution in [0.2, 0.25) is 0 Å². The summed E-state index contributed by atoms with van der Waals surface area (Å²) >= 11 is 3.59. The number of piperidine rings is 2. The van der Waals surface area contributed by atoms with E-state index in [1.807, 2.05) is 6.07 Å². The molecule has 2 heterocycles. The Bertz CT molecular complexity index is 538. The lowest BCUT2D eigenvalue weighted by molar-refractivity contribution is 0.0893. The first-order valence-electron chi connectivity index (χ1n) is 9.08. The van der Waals surface area contributed by atoms with Crippen LogP contribution in [-0.2, 0) is 6.54 Å². The summed E-state index contributed by atoms with van der Waals surface area (Å²) in [5.41, 5.74) is 1.22. The molecule has 0 spiro atoms. The van der Waals surface area contributed by atoms with Crippen LogP contribution in [0.3, 0.4) is 0 Å². The molecule has 3 rings (SSSR count). The van der Waals surface area contributed by atoms with Gasteiger partial charge in [-0.05, 0) is 73.9 Å². The number of halogens is 1. The van der Waals surface area contributed by atoms with Gasteiger partial charge in [-0.15, -0.1) is 0 Å². The second-order valence-electron chi connectivity index (χ2n) is 6.90. The topological polar surface area (TPSA) is 24.9 Å². The number of benzene rings is 1. The average molecular weight is 397 g/mol. The van der Waals surface area contributed by atoms with Crippen molar-refractivity contribution in [2.24, 2.45) is 0 Å². The van der Waals surface area contributed by atoms with Crippen LogP contribution in [0.15, 0.2) is 16.6 Å². The number of methoxy groups -OCH3 is 2. The Morgan fingerprint density at radius 1 is 0.958 bits per heavy atom. The number of hydrogen-bond donors (Lipinski definition) is 0. The van der Waals surface area contributed by atoms with E-state index in [9.17, 15) is 0 Å². The maximum Gasteiger partial charge on any atom is 0.136 e. The third-order valence-corrected chi connectivity index (χ3v) is 6.03. The van der Waals surface area contributed by atoms with Crippen LogP contribution in [0.1, 0.15) is 37.7 Å². The molecule has 134 valence electrons. The zero-order valence-electron chi connectivity index (χ0n) is 14.9. The molecule has 2 fully saturated rings. The van der Waals surface area contributed by atoms with E-state index >= 15 is 0 Å². The highest BCUT2D eigenvalue weighted by Crippen LogP contribution is 2.34. The van der Waals surface area contributed by atoms with Gasteiger partial charge in [0.2, 0.25) is 0 Å². The van der Waals surface area contributed by atoms with E-state index in [0.717, 1.165) is 28.6 Å². The number of likely N-dealkylation sites (tertiary alicyclic amines) is 2. The number of hydrogen-bond acceptors (Lipinski definition) is 4. The summed E-state index contributed by atoms with van der Waals surface area (Å²) in [4.78, 5) is 5.28. The van der Waals surface area contributed by atoms with Gasteiger partial charge in [0.05, 0.1) is 18.7 Å². The largest absolute Gasteiger partial charge is 0.496 e. The summed E-state index contributed by atoms with van der Waals surface area (Å²) < 4.78 is 11.9. The van der Waals surface area contributed by atoms with Gasteiger partial charge in [0.1, 0.15) is 11.5 Å². The molecule has 2 saturated heterocycles. The Kier molecular flexibility index (Phi) is 6.42. The first-order valence-corrected chi connectivity index (χ1v) is 9.87. The highest BCUT2D eigenvalue weighted by Gasteiger charge is 2.26. The van der Waals surface area contributed by atoms with E-state index in [4.69, 9.17) is 9.47 Å². The summed E-state index contributed by atoms with van der Waals surface area (Å²) in [7, 11) is 3.42. The Labute approximate surface area is 154 Å². The van der Waals surface area contributed by atoms with Crippen LogP contribution < -0.4 is 9.47 Å². The second-order valence-corrected chi connectivity index (χ2v) is 7.76. The van der Waals surface area contributed by atoms with Gasteiger partial charge >= 0.3 is 0 Å². The molecule has 0 N–H and O–H groups in total. The Morgan fingerprint density at radius 3 is 2.25 bits per heavy atom. The van der Waals surface area contributed by atoms with Gasteiger partial charge in [0, 0.05) is 24.2 Å². The van der Waals surface area contributed by atoms with Crippen LogP contribution in [-0.4, -0.2) is 56.2 Å². The van der Waals surface area contributed by atoms with E-state index in [1.54, 1.807) is 14.2 Å². The Hall–Kier alpha value is -0.780. The minimum Gasteiger partial charge on any atom is -0.496 e. The third-order valence-electron chi connectivity index (χ3n) is 5.41. The molecule has 2 aliphatic rings. The highest BCUT2D eigenvalue weighted by atomic mass is 79.9. The maximum atomic E-state index is 5.56. The minimum atomic E-state index is 0.797. The van der Waals surface area contributed by atoms with Crippen molar-refractivity contribution in [1.82, 2.24) is 9.80 Å². The summed E-state index contributed by atoms with van der Waals surface area (Å²) in [5, 5.41) is 0. The highest BCUT2D eigenvalue weighted by molar-refractivity contribution is 9.10. The van der Waals surface area contributed by atoms with Crippen molar-refractivity contribution in [2.45, 2.75) is 44.7 Å². The van der Waals surface area contributed by atoms with Gasteiger partial charge < -0.3 is 14.4 Å². The molecule has 0 atom stereocenters. The van der Waals surface area contributed by atoms with E-state index in [2.05, 4.69) is 31.8 Å². The van der Waals surface area contributed by atoms with Gasteiger partial charge in [-0.1, -0.05) is 6.42 Å². The van der Waals surface area contributed by atoms with Crippen LogP contribution in [0.4, 0.5) is 0 Å². The van der Waals surface area contributed by atoms with Crippen molar-refractivity contribution >= 4 is 15.9 Å². The Balaban J connectivity index is 1.58. The average Bonchev–Trinajstić information content (AvgIpc) is 2.63. The molecule has 0 bridgehead atoms. The molecular weight excluding hydrogens is 368 g/mol. The van der Waals surface area contributed by atoms with Crippen LogP contribution in [0, 0.1) is 0 Å². The SMILES string of the molecule is COc1cc(OC)c(CN2CCC(N3CCCCC3)CC2)cc1Br. The lowest BCUT2D eigenvalue weighted by Crippen LogP contribution is -2.46. The summed E-state index contributed by atoms with van der Waals surface area (Å²) in [5.74, 6) is 1.73. The fourth-order valence-corrected chi connectivity index (χ4v) is 4.57. The van der Waals surface area contributed by atoms with Crippen LogP contribution in [0.25, 0.3) is 0 Å². The van der Waals surface area contributed by atoms with E-state index in [-0.39, 0.29) is 0 Å². The van der Waals surface area contributed by atoms with Crippen molar-refractivity contribution in [3.63, 3.8) is 0 Å². The van der Waals surface area contributed by atoms with E-state index < -0.39 is 0 Å². The standard InChI is InChI=1S/C19H29BrN2O2/c1-23-18-13-19(24-2)17(20)12-15(18)14-21-10-6-16(7-11-21)22-8-4-3-5-9-22/h12-13,16H,3-11,14H2,1-2H3. The van der Waals surface area contributed by atoms with E-state index in [1.165, 1.54) is 63.8 Å². The second kappa shape index (κ2) is 8.54. The summed E-state index contributed by atoms with van der Waals surface area (Å²) in [6.07, 6.45) is 6.77. The molecule has 2 aliphatic heterocycles. The fraction of sp³-hybridized carbons (Fsp3) is 0.684. The molecule has 0 unspecified atom stereocenters. The summed E-state index contributed by atoms with van der Waals surface area (Å²) in [6, 6.07) is 4.90. The monoisotopic (exact) mass is 396 g/mol. The maximum absolute atomic E-state index is 5.56. The number of nitrogens with zero attached hydrogens (tertiary/aromatic N) is 2. The van der Waals surface area contributed by atoms with Crippen molar-refractivity contribution in [2.75, 3.05) is 40.4 Å². The quantitative estimate of drug-likeness (QED) is 0.752. The molecule has 0 radical (unpaired) electrons. The fourth-order valence-electron chi connectivity index (χ4n) is 4.01. The molecule has 24 heavy (non-hydrogen) atoms. The van der Waals surface area contributed by atoms with Gasteiger partial charge in [0.25, 0.3) is 0 Å². The Morgan fingerprint density at radius 2 is 1.62 bits per heavy atom. The lowest BCUT2D eigenvalue weighted by Gasteiger charge is -2.40. The number of rotatable bonds is 5. The molecule has 1 aromatic rings. The van der Waals surface area contributed by atoms with E-state index in [0.29, 0.717) is 0 Å². The normalized spacial score (nSPS) is 21.0. The molecule has 4 nitrogen and oxygen atoms in total. The zero-order valence-corrected chi connectivity index (χ0v) is 16.5. The number of ether oxygens (including phenoxy) is 2. The first kappa shape index (κ1) is 18.0. The minimum absolute atomic E-state index is 0.797. The zero-order chi connectivity index (χ0) is 16.9.